The Morgan fingerprint density at radius 1 is 1.80 bits per heavy atom. The summed E-state index contributed by atoms with van der Waals surface area (Å²) in [5.74, 6) is 0.101. The maximum absolute atomic E-state index is 10.9. The number of ketones is 1. The van der Waals surface area contributed by atoms with E-state index in [1.165, 1.54) is 12.5 Å². The van der Waals surface area contributed by atoms with E-state index in [9.17, 15) is 4.79 Å². The Balaban J connectivity index is 2.59. The third-order valence-electron chi connectivity index (χ3n) is 1.07. The van der Waals surface area contributed by atoms with E-state index in [0.717, 1.165) is 0 Å². The first-order chi connectivity index (χ1) is 4.84. The molecule has 1 aromatic rings. The smallest absolute Gasteiger partial charge is 0.263 e. The molecule has 0 saturated heterocycles. The fraction of sp³-hybridized carbons (Fsp3) is 0.286. The van der Waals surface area contributed by atoms with E-state index in [0.29, 0.717) is 12.8 Å². The van der Waals surface area contributed by atoms with Gasteiger partial charge in [0.25, 0.3) is 5.89 Å². The number of nitrogens with zero attached hydrogens (tertiary/aromatic N) is 1. The number of aromatic nitrogens is 1. The number of carbonyl (C=O) groups is 1. The van der Waals surface area contributed by atoms with E-state index in [1.807, 2.05) is 0 Å². The monoisotopic (exact) mass is 138 g/mol. The molecule has 0 bridgehead atoms. The Hall–Kier alpha value is -1.12. The lowest BCUT2D eigenvalue weighted by Crippen LogP contribution is -1.97. The maximum atomic E-state index is 10.9. The van der Waals surface area contributed by atoms with Crippen molar-refractivity contribution in [2.24, 2.45) is 0 Å². The van der Waals surface area contributed by atoms with Gasteiger partial charge in [-0.3, -0.25) is 4.79 Å². The zero-order valence-corrected chi connectivity index (χ0v) is 5.54. The Morgan fingerprint density at radius 2 is 2.60 bits per heavy atom. The van der Waals surface area contributed by atoms with E-state index in [-0.39, 0.29) is 11.7 Å². The van der Waals surface area contributed by atoms with Crippen molar-refractivity contribution < 1.29 is 9.21 Å². The van der Waals surface area contributed by atoms with Gasteiger partial charge in [-0.2, -0.15) is 0 Å². The van der Waals surface area contributed by atoms with Gasteiger partial charge < -0.3 is 4.42 Å². The summed E-state index contributed by atoms with van der Waals surface area (Å²) in [7, 11) is 0. The second kappa shape index (κ2) is 3.15. The first-order valence-electron chi connectivity index (χ1n) is 3.06. The van der Waals surface area contributed by atoms with E-state index in [2.05, 4.69) is 11.9 Å². The van der Waals surface area contributed by atoms with Gasteiger partial charge >= 0.3 is 0 Å². The summed E-state index contributed by atoms with van der Waals surface area (Å²) in [6, 6.07) is 0. The van der Waals surface area contributed by atoms with Crippen LogP contribution in [-0.2, 0) is 0 Å². The molecule has 0 aliphatic carbocycles. The van der Waals surface area contributed by atoms with Crippen molar-refractivity contribution in [1.29, 1.82) is 0 Å². The quantitative estimate of drug-likeness (QED) is 0.594. The molecule has 1 rings (SSSR count). The highest BCUT2D eigenvalue weighted by Gasteiger charge is 2.07. The minimum Gasteiger partial charge on any atom is -0.442 e. The zero-order chi connectivity index (χ0) is 7.40. The summed E-state index contributed by atoms with van der Waals surface area (Å²) < 4.78 is 4.76. The average Bonchev–Trinajstić information content (AvgIpc) is 2.38. The number of hydrogen-bond acceptors (Lipinski definition) is 3. The lowest BCUT2D eigenvalue weighted by atomic mass is 10.2. The fourth-order valence-electron chi connectivity index (χ4n) is 0.629. The van der Waals surface area contributed by atoms with Gasteiger partial charge in [-0.1, -0.05) is 6.92 Å². The average molecular weight is 138 g/mol. The molecule has 0 atom stereocenters. The number of carbonyl (C=O) groups excluding carboxylic acids is 1. The standard InChI is InChI=1S/C7H8NO2/c1-2-3-6(9)7-8-4-5-10-7/h4-5H,1-3H2. The SMILES string of the molecule is [CH2]CCC(=O)c1ncco1. The van der Waals surface area contributed by atoms with Crippen LogP contribution >= 0.6 is 0 Å². The number of rotatable bonds is 3. The van der Waals surface area contributed by atoms with Crippen LogP contribution < -0.4 is 0 Å². The van der Waals surface area contributed by atoms with E-state index < -0.39 is 0 Å². The first kappa shape index (κ1) is 6.99. The molecule has 0 aromatic carbocycles. The van der Waals surface area contributed by atoms with Crippen LogP contribution in [0.2, 0.25) is 0 Å². The van der Waals surface area contributed by atoms with E-state index in [1.54, 1.807) is 0 Å². The minimum atomic E-state index is -0.0833. The summed E-state index contributed by atoms with van der Waals surface area (Å²) in [4.78, 5) is 14.6. The van der Waals surface area contributed by atoms with Crippen LogP contribution in [0.3, 0.4) is 0 Å². The molecule has 0 spiro atoms. The van der Waals surface area contributed by atoms with Crippen LogP contribution in [-0.4, -0.2) is 10.8 Å². The van der Waals surface area contributed by atoms with Crippen molar-refractivity contribution in [2.45, 2.75) is 12.8 Å². The van der Waals surface area contributed by atoms with E-state index in [4.69, 9.17) is 4.42 Å². The molecule has 1 radical (unpaired) electrons. The van der Waals surface area contributed by atoms with Crippen LogP contribution in [0, 0.1) is 6.92 Å². The largest absolute Gasteiger partial charge is 0.442 e. The first-order valence-corrected chi connectivity index (χ1v) is 3.06. The van der Waals surface area contributed by atoms with Gasteiger partial charge in [0.2, 0.25) is 5.78 Å². The van der Waals surface area contributed by atoms with Gasteiger partial charge in [-0.15, -0.1) is 0 Å². The molecule has 3 nitrogen and oxygen atoms in total. The van der Waals surface area contributed by atoms with Crippen LogP contribution in [0.15, 0.2) is 16.9 Å². The van der Waals surface area contributed by atoms with Gasteiger partial charge in [0.1, 0.15) is 6.26 Å². The minimum absolute atomic E-state index is 0.0833. The Morgan fingerprint density at radius 3 is 3.10 bits per heavy atom. The molecule has 0 saturated carbocycles. The predicted octanol–water partition coefficient (Wildman–Crippen LogP) is 1.47. The topological polar surface area (TPSA) is 43.1 Å². The molecule has 0 amide bonds. The van der Waals surface area contributed by atoms with Gasteiger partial charge in [-0.05, 0) is 6.42 Å². The molecule has 1 aromatic heterocycles. The molecule has 0 fully saturated rings. The highest BCUT2D eigenvalue weighted by molar-refractivity contribution is 5.91. The molecule has 0 N–H and O–H groups in total. The van der Waals surface area contributed by atoms with Gasteiger partial charge in [0.05, 0.1) is 6.20 Å². The molecule has 10 heavy (non-hydrogen) atoms. The fourth-order valence-corrected chi connectivity index (χ4v) is 0.629. The zero-order valence-electron chi connectivity index (χ0n) is 5.54. The molecule has 0 aliphatic rings. The highest BCUT2D eigenvalue weighted by atomic mass is 16.3. The van der Waals surface area contributed by atoms with Crippen molar-refractivity contribution in [3.05, 3.63) is 25.3 Å². The normalized spacial score (nSPS) is 9.70. The van der Waals surface area contributed by atoms with Crippen molar-refractivity contribution in [3.8, 4) is 0 Å². The van der Waals surface area contributed by atoms with Crippen LogP contribution in [0.25, 0.3) is 0 Å². The molecule has 0 aliphatic heterocycles. The second-order valence-corrected chi connectivity index (χ2v) is 1.86. The Kier molecular flexibility index (Phi) is 2.20. The molecule has 53 valence electrons. The molecular weight excluding hydrogens is 130 g/mol. The van der Waals surface area contributed by atoms with Crippen molar-refractivity contribution in [2.75, 3.05) is 0 Å². The summed E-state index contributed by atoms with van der Waals surface area (Å²) in [6.07, 6.45) is 3.83. The highest BCUT2D eigenvalue weighted by Crippen LogP contribution is 2.00. The molecular formula is C7H8NO2. The Labute approximate surface area is 59.1 Å². The lowest BCUT2D eigenvalue weighted by Gasteiger charge is -1.88. The van der Waals surface area contributed by atoms with Crippen molar-refractivity contribution >= 4 is 5.78 Å². The van der Waals surface area contributed by atoms with Gasteiger partial charge in [0, 0.05) is 6.42 Å². The van der Waals surface area contributed by atoms with Gasteiger partial charge in [0.15, 0.2) is 0 Å². The third kappa shape index (κ3) is 1.43. The van der Waals surface area contributed by atoms with Crippen LogP contribution in [0.1, 0.15) is 23.5 Å². The van der Waals surface area contributed by atoms with Crippen molar-refractivity contribution in [1.82, 2.24) is 4.98 Å². The molecule has 0 unspecified atom stereocenters. The summed E-state index contributed by atoms with van der Waals surface area (Å²) >= 11 is 0. The molecule has 1 heterocycles. The van der Waals surface area contributed by atoms with Crippen LogP contribution in [0.5, 0.6) is 0 Å². The number of hydrogen-bond donors (Lipinski definition) is 0. The van der Waals surface area contributed by atoms with Crippen molar-refractivity contribution in [3.63, 3.8) is 0 Å². The second-order valence-electron chi connectivity index (χ2n) is 1.86. The maximum Gasteiger partial charge on any atom is 0.263 e. The Bertz CT molecular complexity index is 203. The van der Waals surface area contributed by atoms with Gasteiger partial charge in [-0.25, -0.2) is 4.98 Å². The predicted molar refractivity (Wildman–Crippen MR) is 35.4 cm³/mol. The number of oxazole rings is 1. The lowest BCUT2D eigenvalue weighted by molar-refractivity contribution is 0.0950. The summed E-state index contributed by atoms with van der Waals surface area (Å²) in [5, 5.41) is 0. The molecule has 3 heteroatoms. The van der Waals surface area contributed by atoms with Crippen LogP contribution in [0.4, 0.5) is 0 Å². The number of Topliss-reactive ketones (excluding diaryl/α,β-unsaturated/α-hetero) is 1. The van der Waals surface area contributed by atoms with E-state index >= 15 is 0 Å². The third-order valence-corrected chi connectivity index (χ3v) is 1.07. The summed E-state index contributed by atoms with van der Waals surface area (Å²) in [5.41, 5.74) is 0. The summed E-state index contributed by atoms with van der Waals surface area (Å²) in [6.45, 7) is 3.55.